The fraction of sp³-hybridized carbons (Fsp3) is 0.263. The van der Waals surface area contributed by atoms with E-state index in [9.17, 15) is 27.2 Å². The van der Waals surface area contributed by atoms with Crippen molar-refractivity contribution in [2.24, 2.45) is 0 Å². The number of carbonyl (C=O) groups is 2. The maximum Gasteiger partial charge on any atom is 0.416 e. The van der Waals surface area contributed by atoms with Crippen LogP contribution in [0.25, 0.3) is 0 Å². The Morgan fingerprint density at radius 1 is 1.07 bits per heavy atom. The number of hydrogen-bond acceptors (Lipinski definition) is 3. The van der Waals surface area contributed by atoms with Crippen molar-refractivity contribution in [3.63, 3.8) is 0 Å². The Morgan fingerprint density at radius 2 is 1.76 bits per heavy atom. The molecule has 0 aliphatic carbocycles. The van der Waals surface area contributed by atoms with Gasteiger partial charge in [0.2, 0.25) is 5.91 Å². The number of benzene rings is 2. The van der Waals surface area contributed by atoms with E-state index < -0.39 is 35.9 Å². The van der Waals surface area contributed by atoms with Gasteiger partial charge in [-0.25, -0.2) is 4.39 Å². The van der Waals surface area contributed by atoms with Crippen LogP contribution in [0.5, 0.6) is 0 Å². The number of alkyl halides is 3. The van der Waals surface area contributed by atoms with Crippen LogP contribution < -0.4 is 16.0 Å². The molecule has 2 amide bonds. The summed E-state index contributed by atoms with van der Waals surface area (Å²) >= 11 is 0. The third kappa shape index (κ3) is 5.45. The summed E-state index contributed by atoms with van der Waals surface area (Å²) in [6.07, 6.45) is -3.99. The minimum atomic E-state index is -4.50. The lowest BCUT2D eigenvalue weighted by Crippen LogP contribution is -2.33. The van der Waals surface area contributed by atoms with Gasteiger partial charge in [0.25, 0.3) is 5.91 Å². The Morgan fingerprint density at radius 3 is 2.41 bits per heavy atom. The molecule has 0 saturated carbocycles. The number of carbonyl (C=O) groups excluding carboxylic acids is 2. The van der Waals surface area contributed by atoms with Crippen LogP contribution in [0, 0.1) is 5.82 Å². The largest absolute Gasteiger partial charge is 0.416 e. The van der Waals surface area contributed by atoms with Crippen molar-refractivity contribution < 1.29 is 27.2 Å². The molecule has 0 atom stereocenters. The van der Waals surface area contributed by atoms with Crippen LogP contribution >= 0.6 is 12.4 Å². The van der Waals surface area contributed by atoms with E-state index in [1.54, 1.807) is 6.07 Å². The van der Waals surface area contributed by atoms with Gasteiger partial charge in [-0.1, -0.05) is 6.07 Å². The van der Waals surface area contributed by atoms with E-state index >= 15 is 0 Å². The van der Waals surface area contributed by atoms with Crippen LogP contribution in [-0.4, -0.2) is 24.9 Å². The SMILES string of the molecule is Cl.O=C(CNC(=O)c1ccc(C(F)(F)F)cc1)Nc1ccc2c(c1F)CCNC2. The normalized spacial score (nSPS) is 13.1. The van der Waals surface area contributed by atoms with Crippen molar-refractivity contribution in [2.75, 3.05) is 18.4 Å². The predicted octanol–water partition coefficient (Wildman–Crippen LogP) is 3.28. The highest BCUT2D eigenvalue weighted by atomic mass is 35.5. The number of nitrogens with one attached hydrogen (secondary N) is 3. The van der Waals surface area contributed by atoms with Gasteiger partial charge in [0.05, 0.1) is 17.8 Å². The Hall–Kier alpha value is -2.65. The van der Waals surface area contributed by atoms with Gasteiger partial charge in [-0.2, -0.15) is 13.2 Å². The van der Waals surface area contributed by atoms with Gasteiger partial charge in [0.15, 0.2) is 0 Å². The maximum atomic E-state index is 14.5. The highest BCUT2D eigenvalue weighted by Crippen LogP contribution is 2.29. The molecule has 10 heteroatoms. The van der Waals surface area contributed by atoms with Crippen LogP contribution in [0.15, 0.2) is 36.4 Å². The van der Waals surface area contributed by atoms with E-state index in [-0.39, 0.29) is 23.7 Å². The monoisotopic (exact) mass is 431 g/mol. The lowest BCUT2D eigenvalue weighted by Gasteiger charge is -2.19. The van der Waals surface area contributed by atoms with Crippen LogP contribution in [0.3, 0.4) is 0 Å². The van der Waals surface area contributed by atoms with Crippen LogP contribution in [0.4, 0.5) is 23.2 Å². The predicted molar refractivity (Wildman–Crippen MR) is 101 cm³/mol. The molecule has 3 N–H and O–H groups in total. The van der Waals surface area contributed by atoms with E-state index in [1.807, 2.05) is 0 Å². The first kappa shape index (κ1) is 22.6. The molecular weight excluding hydrogens is 414 g/mol. The summed E-state index contributed by atoms with van der Waals surface area (Å²) < 4.78 is 52.1. The molecule has 0 unspecified atom stereocenters. The molecule has 29 heavy (non-hydrogen) atoms. The van der Waals surface area contributed by atoms with Gasteiger partial charge < -0.3 is 16.0 Å². The average molecular weight is 432 g/mol. The molecule has 1 aliphatic rings. The van der Waals surface area contributed by atoms with E-state index in [0.29, 0.717) is 25.1 Å². The molecule has 0 aromatic heterocycles. The summed E-state index contributed by atoms with van der Waals surface area (Å²) in [5.41, 5.74) is 0.505. The zero-order chi connectivity index (χ0) is 20.3. The standard InChI is InChI=1S/C19H17F4N3O2.ClH/c20-17-14-7-8-24-9-12(14)3-6-15(17)26-16(27)10-25-18(28)11-1-4-13(5-2-11)19(21,22)23;/h1-6,24H,7-10H2,(H,25,28)(H,26,27);1H. The van der Waals surface area contributed by atoms with Crippen molar-refractivity contribution in [3.8, 4) is 0 Å². The third-order valence-corrected chi connectivity index (χ3v) is 4.37. The Balaban J connectivity index is 0.00000300. The van der Waals surface area contributed by atoms with Crippen LogP contribution in [0.1, 0.15) is 27.0 Å². The zero-order valence-electron chi connectivity index (χ0n) is 15.0. The molecule has 156 valence electrons. The number of rotatable bonds is 4. The minimum absolute atomic E-state index is 0. The number of amides is 2. The van der Waals surface area contributed by atoms with Gasteiger partial charge in [-0.3, -0.25) is 9.59 Å². The molecule has 2 aromatic rings. The van der Waals surface area contributed by atoms with E-state index in [2.05, 4.69) is 16.0 Å². The van der Waals surface area contributed by atoms with Crippen LogP contribution in [0.2, 0.25) is 0 Å². The fourth-order valence-corrected chi connectivity index (χ4v) is 2.90. The third-order valence-electron chi connectivity index (χ3n) is 4.37. The lowest BCUT2D eigenvalue weighted by atomic mass is 9.99. The van der Waals surface area contributed by atoms with Gasteiger partial charge in [-0.05, 0) is 54.4 Å². The summed E-state index contributed by atoms with van der Waals surface area (Å²) in [5.74, 6) is -1.85. The zero-order valence-corrected chi connectivity index (χ0v) is 15.8. The Kier molecular flexibility index (Phi) is 7.21. The van der Waals surface area contributed by atoms with Crippen molar-refractivity contribution in [1.82, 2.24) is 10.6 Å². The second kappa shape index (κ2) is 9.23. The van der Waals surface area contributed by atoms with E-state index in [1.165, 1.54) is 6.07 Å². The lowest BCUT2D eigenvalue weighted by molar-refractivity contribution is -0.137. The molecule has 0 fully saturated rings. The first-order valence-electron chi connectivity index (χ1n) is 8.52. The summed E-state index contributed by atoms with van der Waals surface area (Å²) in [7, 11) is 0. The van der Waals surface area contributed by atoms with Crippen molar-refractivity contribution in [3.05, 3.63) is 64.5 Å². The van der Waals surface area contributed by atoms with Crippen molar-refractivity contribution >= 4 is 29.9 Å². The first-order chi connectivity index (χ1) is 13.3. The second-order valence-electron chi connectivity index (χ2n) is 6.30. The summed E-state index contributed by atoms with van der Waals surface area (Å²) in [5, 5.41) is 7.82. The van der Waals surface area contributed by atoms with E-state index in [0.717, 1.165) is 29.8 Å². The maximum absolute atomic E-state index is 14.5. The molecule has 0 radical (unpaired) electrons. The highest BCUT2D eigenvalue weighted by Gasteiger charge is 2.30. The second-order valence-corrected chi connectivity index (χ2v) is 6.30. The minimum Gasteiger partial charge on any atom is -0.343 e. The smallest absolute Gasteiger partial charge is 0.343 e. The molecule has 0 saturated heterocycles. The molecular formula is C19H18ClF4N3O2. The first-order valence-corrected chi connectivity index (χ1v) is 8.52. The molecule has 0 spiro atoms. The number of anilines is 1. The van der Waals surface area contributed by atoms with E-state index in [4.69, 9.17) is 0 Å². The summed E-state index contributed by atoms with van der Waals surface area (Å²) in [4.78, 5) is 24.0. The highest BCUT2D eigenvalue weighted by molar-refractivity contribution is 5.99. The Labute approximate surface area is 170 Å². The number of fused-ring (bicyclic) bond motifs is 1. The Bertz CT molecular complexity index is 902. The number of halogens is 5. The quantitative estimate of drug-likeness (QED) is 0.651. The molecule has 0 bridgehead atoms. The average Bonchev–Trinajstić information content (AvgIpc) is 2.68. The van der Waals surface area contributed by atoms with Crippen molar-refractivity contribution in [1.29, 1.82) is 0 Å². The molecule has 5 nitrogen and oxygen atoms in total. The summed E-state index contributed by atoms with van der Waals surface area (Å²) in [6, 6.07) is 6.79. The molecule has 2 aromatic carbocycles. The molecule has 1 aliphatic heterocycles. The number of hydrogen-bond donors (Lipinski definition) is 3. The van der Waals surface area contributed by atoms with Gasteiger partial charge >= 0.3 is 6.18 Å². The molecule has 1 heterocycles. The topological polar surface area (TPSA) is 70.2 Å². The van der Waals surface area contributed by atoms with Gasteiger partial charge in [-0.15, -0.1) is 12.4 Å². The fourth-order valence-electron chi connectivity index (χ4n) is 2.90. The van der Waals surface area contributed by atoms with Crippen LogP contribution in [-0.2, 0) is 23.9 Å². The van der Waals surface area contributed by atoms with Gasteiger partial charge in [0.1, 0.15) is 5.82 Å². The molecule has 3 rings (SSSR count). The summed E-state index contributed by atoms with van der Waals surface area (Å²) in [6.45, 7) is 0.756. The van der Waals surface area contributed by atoms with Crippen molar-refractivity contribution in [2.45, 2.75) is 19.1 Å². The van der Waals surface area contributed by atoms with Gasteiger partial charge in [0, 0.05) is 12.1 Å².